The van der Waals surface area contributed by atoms with Crippen molar-refractivity contribution in [3.05, 3.63) is 58.3 Å². The summed E-state index contributed by atoms with van der Waals surface area (Å²) in [6, 6.07) is 13.8. The molecule has 1 N–H and O–H groups in total. The summed E-state index contributed by atoms with van der Waals surface area (Å²) in [5.74, 6) is 0.174. The molecule has 0 fully saturated rings. The van der Waals surface area contributed by atoms with E-state index in [4.69, 9.17) is 0 Å². The molecule has 5 heteroatoms. The number of aryl methyl sites for hydroxylation is 1. The Kier molecular flexibility index (Phi) is 5.13. The Morgan fingerprint density at radius 3 is 2.53 bits per heavy atom. The van der Waals surface area contributed by atoms with Crippen molar-refractivity contribution in [3.63, 3.8) is 0 Å². The first-order valence-electron chi connectivity index (χ1n) is 6.19. The molecule has 0 aliphatic rings. The second kappa shape index (κ2) is 6.84. The second-order valence-corrected chi connectivity index (χ2v) is 7.27. The van der Waals surface area contributed by atoms with Crippen LogP contribution in [-0.4, -0.2) is 14.2 Å². The van der Waals surface area contributed by atoms with Crippen molar-refractivity contribution in [1.29, 1.82) is 0 Å². The summed E-state index contributed by atoms with van der Waals surface area (Å²) in [6.07, 6.45) is 1.44. The topological polar surface area (TPSA) is 46.2 Å². The SMILES string of the molecule is O=S(=O)(CCCc1ccccc1)NCc1cccs1. The van der Waals surface area contributed by atoms with Crippen LogP contribution in [0.1, 0.15) is 16.9 Å². The van der Waals surface area contributed by atoms with Gasteiger partial charge in [0.1, 0.15) is 0 Å². The highest BCUT2D eigenvalue weighted by atomic mass is 32.2. The van der Waals surface area contributed by atoms with Gasteiger partial charge < -0.3 is 0 Å². The van der Waals surface area contributed by atoms with Crippen LogP contribution < -0.4 is 4.72 Å². The van der Waals surface area contributed by atoms with Crippen LogP contribution in [0.15, 0.2) is 47.8 Å². The first-order valence-corrected chi connectivity index (χ1v) is 8.72. The van der Waals surface area contributed by atoms with Gasteiger partial charge in [-0.3, -0.25) is 0 Å². The first-order chi connectivity index (χ1) is 9.16. The lowest BCUT2D eigenvalue weighted by atomic mass is 10.1. The van der Waals surface area contributed by atoms with Gasteiger partial charge in [-0.1, -0.05) is 36.4 Å². The van der Waals surface area contributed by atoms with E-state index in [0.717, 1.165) is 11.3 Å². The molecule has 0 saturated carbocycles. The Morgan fingerprint density at radius 1 is 1.05 bits per heavy atom. The van der Waals surface area contributed by atoms with Crippen LogP contribution in [0.25, 0.3) is 0 Å². The molecule has 0 amide bonds. The Bertz CT molecular complexity index is 577. The molecule has 0 unspecified atom stereocenters. The zero-order valence-electron chi connectivity index (χ0n) is 10.6. The van der Waals surface area contributed by atoms with Gasteiger partial charge in [-0.15, -0.1) is 11.3 Å². The summed E-state index contributed by atoms with van der Waals surface area (Å²) in [5.41, 5.74) is 1.18. The Hall–Kier alpha value is -1.17. The van der Waals surface area contributed by atoms with Crippen LogP contribution in [0.5, 0.6) is 0 Å². The number of sulfonamides is 1. The van der Waals surface area contributed by atoms with Crippen molar-refractivity contribution < 1.29 is 8.42 Å². The summed E-state index contributed by atoms with van der Waals surface area (Å²) in [7, 11) is -3.17. The lowest BCUT2D eigenvalue weighted by Gasteiger charge is -2.05. The van der Waals surface area contributed by atoms with E-state index in [1.54, 1.807) is 11.3 Å². The summed E-state index contributed by atoms with van der Waals surface area (Å²) >= 11 is 1.56. The maximum Gasteiger partial charge on any atom is 0.211 e. The highest BCUT2D eigenvalue weighted by Gasteiger charge is 2.09. The van der Waals surface area contributed by atoms with Crippen LogP contribution in [0, 0.1) is 0 Å². The zero-order chi connectivity index (χ0) is 13.6. The van der Waals surface area contributed by atoms with Crippen LogP contribution in [0.4, 0.5) is 0 Å². The molecule has 0 spiro atoms. The zero-order valence-corrected chi connectivity index (χ0v) is 12.2. The summed E-state index contributed by atoms with van der Waals surface area (Å²) in [4.78, 5) is 1.03. The number of hydrogen-bond donors (Lipinski definition) is 1. The summed E-state index contributed by atoms with van der Waals surface area (Å²) in [5, 5.41) is 1.94. The van der Waals surface area contributed by atoms with E-state index in [2.05, 4.69) is 4.72 Å². The molecule has 1 aromatic carbocycles. The average Bonchev–Trinajstić information content (AvgIpc) is 2.91. The predicted molar refractivity (Wildman–Crippen MR) is 79.7 cm³/mol. The van der Waals surface area contributed by atoms with Gasteiger partial charge in [-0.2, -0.15) is 0 Å². The molecule has 1 aromatic heterocycles. The molecule has 0 aliphatic heterocycles. The maximum absolute atomic E-state index is 11.8. The minimum atomic E-state index is -3.17. The molecule has 0 atom stereocenters. The van der Waals surface area contributed by atoms with E-state index in [0.29, 0.717) is 13.0 Å². The Morgan fingerprint density at radius 2 is 1.84 bits per heavy atom. The van der Waals surface area contributed by atoms with Crippen molar-refractivity contribution in [3.8, 4) is 0 Å². The van der Waals surface area contributed by atoms with Crippen molar-refractivity contribution in [2.45, 2.75) is 19.4 Å². The third-order valence-electron chi connectivity index (χ3n) is 2.77. The highest BCUT2D eigenvalue weighted by molar-refractivity contribution is 7.89. The van der Waals surface area contributed by atoms with Gasteiger partial charge in [0.2, 0.25) is 10.0 Å². The number of benzene rings is 1. The van der Waals surface area contributed by atoms with Crippen molar-refractivity contribution in [2.24, 2.45) is 0 Å². The lowest BCUT2D eigenvalue weighted by Crippen LogP contribution is -2.25. The molecule has 1 heterocycles. The van der Waals surface area contributed by atoms with Crippen LogP contribution >= 0.6 is 11.3 Å². The molecule has 0 saturated heterocycles. The lowest BCUT2D eigenvalue weighted by molar-refractivity contribution is 0.579. The number of rotatable bonds is 7. The number of thiophene rings is 1. The smallest absolute Gasteiger partial charge is 0.211 e. The molecule has 2 aromatic rings. The highest BCUT2D eigenvalue weighted by Crippen LogP contribution is 2.09. The van der Waals surface area contributed by atoms with Gasteiger partial charge in [0.15, 0.2) is 0 Å². The van der Waals surface area contributed by atoms with Crippen molar-refractivity contribution in [1.82, 2.24) is 4.72 Å². The fourth-order valence-electron chi connectivity index (χ4n) is 1.78. The van der Waals surface area contributed by atoms with Crippen LogP contribution in [-0.2, 0) is 23.0 Å². The number of hydrogen-bond acceptors (Lipinski definition) is 3. The normalized spacial score (nSPS) is 11.6. The standard InChI is InChI=1S/C14H17NO2S2/c16-19(17,15-12-14-9-4-10-18-14)11-5-8-13-6-2-1-3-7-13/h1-4,6-7,9-10,15H,5,8,11-12H2. The summed E-state index contributed by atoms with van der Waals surface area (Å²) in [6.45, 7) is 0.394. The fraction of sp³-hybridized carbons (Fsp3) is 0.286. The van der Waals surface area contributed by atoms with Crippen molar-refractivity contribution in [2.75, 3.05) is 5.75 Å². The van der Waals surface area contributed by atoms with Gasteiger partial charge >= 0.3 is 0 Å². The van der Waals surface area contributed by atoms with E-state index in [-0.39, 0.29) is 5.75 Å². The van der Waals surface area contributed by atoms with Crippen LogP contribution in [0.2, 0.25) is 0 Å². The molecular weight excluding hydrogens is 278 g/mol. The molecule has 0 radical (unpaired) electrons. The van der Waals surface area contributed by atoms with E-state index in [9.17, 15) is 8.42 Å². The monoisotopic (exact) mass is 295 g/mol. The molecule has 19 heavy (non-hydrogen) atoms. The first kappa shape index (κ1) is 14.2. The number of nitrogens with one attached hydrogen (secondary N) is 1. The third-order valence-corrected chi connectivity index (χ3v) is 5.05. The minimum absolute atomic E-state index is 0.174. The maximum atomic E-state index is 11.8. The fourth-order valence-corrected chi connectivity index (χ4v) is 3.56. The molecule has 0 bridgehead atoms. The third kappa shape index (κ3) is 5.14. The van der Waals surface area contributed by atoms with Gasteiger partial charge in [0, 0.05) is 11.4 Å². The van der Waals surface area contributed by atoms with E-state index in [1.165, 1.54) is 5.56 Å². The Balaban J connectivity index is 1.75. The van der Waals surface area contributed by atoms with Gasteiger partial charge in [0.05, 0.1) is 5.75 Å². The molecule has 0 aliphatic carbocycles. The van der Waals surface area contributed by atoms with E-state index >= 15 is 0 Å². The van der Waals surface area contributed by atoms with Gasteiger partial charge in [-0.05, 0) is 29.9 Å². The minimum Gasteiger partial charge on any atom is -0.212 e. The molecule has 3 nitrogen and oxygen atoms in total. The largest absolute Gasteiger partial charge is 0.212 e. The Labute approximate surface area is 118 Å². The average molecular weight is 295 g/mol. The second-order valence-electron chi connectivity index (χ2n) is 4.31. The van der Waals surface area contributed by atoms with E-state index in [1.807, 2.05) is 47.8 Å². The van der Waals surface area contributed by atoms with Crippen LogP contribution in [0.3, 0.4) is 0 Å². The van der Waals surface area contributed by atoms with Gasteiger partial charge in [-0.25, -0.2) is 13.1 Å². The van der Waals surface area contributed by atoms with Gasteiger partial charge in [0.25, 0.3) is 0 Å². The summed E-state index contributed by atoms with van der Waals surface area (Å²) < 4.78 is 26.2. The molecule has 2 rings (SSSR count). The quantitative estimate of drug-likeness (QED) is 0.854. The van der Waals surface area contributed by atoms with E-state index < -0.39 is 10.0 Å². The predicted octanol–water partition coefficient (Wildman–Crippen LogP) is 2.80. The molecule has 102 valence electrons. The van der Waals surface area contributed by atoms with Crippen molar-refractivity contribution >= 4 is 21.4 Å². The molecular formula is C14H17NO2S2.